The van der Waals surface area contributed by atoms with E-state index >= 15 is 0 Å². The van der Waals surface area contributed by atoms with Crippen molar-refractivity contribution in [3.05, 3.63) is 51.9 Å². The first kappa shape index (κ1) is 14.3. The van der Waals surface area contributed by atoms with Crippen LogP contribution < -0.4 is 5.32 Å². The first-order chi connectivity index (χ1) is 9.38. The zero-order chi connectivity index (χ0) is 14.9. The maximum Gasteiger partial charge on any atom is 0.371 e. The van der Waals surface area contributed by atoms with Crippen LogP contribution in [-0.2, 0) is 6.54 Å². The molecule has 0 saturated heterocycles. The number of hydrogen-bond acceptors (Lipinski definition) is 3. The van der Waals surface area contributed by atoms with Crippen molar-refractivity contribution in [1.82, 2.24) is 0 Å². The molecule has 4 nitrogen and oxygen atoms in total. The van der Waals surface area contributed by atoms with E-state index in [9.17, 15) is 13.6 Å². The van der Waals surface area contributed by atoms with E-state index in [0.29, 0.717) is 17.4 Å². The van der Waals surface area contributed by atoms with Crippen LogP contribution in [0.1, 0.15) is 21.9 Å². The number of halogens is 3. The Morgan fingerprint density at radius 2 is 2.10 bits per heavy atom. The molecule has 0 fully saturated rings. The minimum atomic E-state index is -1.19. The number of carboxylic acid groups (broad SMARTS) is 1. The largest absolute Gasteiger partial charge is 0.475 e. The van der Waals surface area contributed by atoms with Crippen LogP contribution >= 0.6 is 11.6 Å². The average molecular weight is 302 g/mol. The van der Waals surface area contributed by atoms with Gasteiger partial charge in [-0.15, -0.1) is 0 Å². The van der Waals surface area contributed by atoms with Gasteiger partial charge in [-0.3, -0.25) is 0 Å². The molecule has 0 amide bonds. The molecule has 0 radical (unpaired) electrons. The van der Waals surface area contributed by atoms with Gasteiger partial charge >= 0.3 is 5.97 Å². The number of hydrogen-bond donors (Lipinski definition) is 2. The van der Waals surface area contributed by atoms with Gasteiger partial charge in [-0.05, 0) is 19.1 Å². The summed E-state index contributed by atoms with van der Waals surface area (Å²) >= 11 is 5.74. The molecule has 0 aliphatic rings. The minimum absolute atomic E-state index is 0.0504. The van der Waals surface area contributed by atoms with Crippen LogP contribution in [0.15, 0.2) is 22.6 Å². The highest BCUT2D eigenvalue weighted by Crippen LogP contribution is 2.27. The second kappa shape index (κ2) is 5.50. The highest BCUT2D eigenvalue weighted by molar-refractivity contribution is 6.33. The summed E-state index contributed by atoms with van der Waals surface area (Å²) in [5.74, 6) is -2.59. The quantitative estimate of drug-likeness (QED) is 0.901. The molecule has 106 valence electrons. The van der Waals surface area contributed by atoms with Crippen molar-refractivity contribution in [3.8, 4) is 0 Å². The van der Waals surface area contributed by atoms with Crippen molar-refractivity contribution in [2.24, 2.45) is 0 Å². The monoisotopic (exact) mass is 301 g/mol. The van der Waals surface area contributed by atoms with E-state index in [0.717, 1.165) is 6.07 Å². The summed E-state index contributed by atoms with van der Waals surface area (Å²) in [6.07, 6.45) is 0. The van der Waals surface area contributed by atoms with Crippen molar-refractivity contribution >= 4 is 23.3 Å². The van der Waals surface area contributed by atoms with E-state index in [1.807, 2.05) is 0 Å². The predicted molar refractivity (Wildman–Crippen MR) is 69.1 cm³/mol. The van der Waals surface area contributed by atoms with Gasteiger partial charge in [0.2, 0.25) is 5.76 Å². The number of rotatable bonds is 4. The number of anilines is 1. The molecule has 0 aliphatic carbocycles. The van der Waals surface area contributed by atoms with Crippen LogP contribution in [0.25, 0.3) is 0 Å². The summed E-state index contributed by atoms with van der Waals surface area (Å²) in [5.41, 5.74) is 0.493. The van der Waals surface area contributed by atoms with Crippen LogP contribution in [0.4, 0.5) is 14.5 Å². The molecule has 0 saturated carbocycles. The highest BCUT2D eigenvalue weighted by atomic mass is 35.5. The summed E-state index contributed by atoms with van der Waals surface area (Å²) < 4.78 is 31.5. The number of aromatic carboxylic acids is 1. The van der Waals surface area contributed by atoms with E-state index in [4.69, 9.17) is 21.1 Å². The molecule has 1 heterocycles. The Morgan fingerprint density at radius 3 is 2.65 bits per heavy atom. The smallest absolute Gasteiger partial charge is 0.371 e. The Kier molecular flexibility index (Phi) is 3.94. The molecule has 1 aromatic heterocycles. The SMILES string of the molecule is Cc1oc(C(=O)O)cc1CNc1c(F)cc(F)cc1Cl. The maximum absolute atomic E-state index is 13.5. The molecule has 0 unspecified atom stereocenters. The Morgan fingerprint density at radius 1 is 1.40 bits per heavy atom. The van der Waals surface area contributed by atoms with Gasteiger partial charge in [0.15, 0.2) is 5.82 Å². The third-order valence-corrected chi connectivity index (χ3v) is 2.99. The van der Waals surface area contributed by atoms with E-state index < -0.39 is 17.6 Å². The molecular formula is C13H10ClF2NO3. The number of benzene rings is 1. The van der Waals surface area contributed by atoms with Gasteiger partial charge in [0.05, 0.1) is 10.7 Å². The Balaban J connectivity index is 2.19. The summed E-state index contributed by atoms with van der Waals surface area (Å²) in [6.45, 7) is 1.69. The molecule has 7 heteroatoms. The summed E-state index contributed by atoms with van der Waals surface area (Å²) in [7, 11) is 0. The summed E-state index contributed by atoms with van der Waals surface area (Å²) in [6, 6.07) is 3.02. The van der Waals surface area contributed by atoms with Crippen molar-refractivity contribution in [2.75, 3.05) is 5.32 Å². The van der Waals surface area contributed by atoms with E-state index in [2.05, 4.69) is 5.32 Å². The molecule has 0 atom stereocenters. The van der Waals surface area contributed by atoms with Crippen molar-refractivity contribution in [2.45, 2.75) is 13.5 Å². The molecule has 0 aliphatic heterocycles. The Hall–Kier alpha value is -2.08. The fourth-order valence-electron chi connectivity index (χ4n) is 1.70. The fourth-order valence-corrected chi connectivity index (χ4v) is 1.96. The van der Waals surface area contributed by atoms with Gasteiger partial charge in [-0.25, -0.2) is 13.6 Å². The molecule has 1 aromatic carbocycles. The number of aryl methyl sites for hydroxylation is 1. The first-order valence-electron chi connectivity index (χ1n) is 5.59. The van der Waals surface area contributed by atoms with Crippen LogP contribution in [0, 0.1) is 18.6 Å². The Labute approximate surface area is 118 Å². The maximum atomic E-state index is 13.5. The van der Waals surface area contributed by atoms with Gasteiger partial charge in [0.1, 0.15) is 11.6 Å². The molecule has 0 spiro atoms. The Bertz CT molecular complexity index is 647. The zero-order valence-corrected chi connectivity index (χ0v) is 11.1. The lowest BCUT2D eigenvalue weighted by atomic mass is 10.2. The van der Waals surface area contributed by atoms with Crippen LogP contribution in [0.5, 0.6) is 0 Å². The summed E-state index contributed by atoms with van der Waals surface area (Å²) in [5, 5.41) is 11.4. The lowest BCUT2D eigenvalue weighted by Gasteiger charge is -2.09. The van der Waals surface area contributed by atoms with Crippen molar-refractivity contribution < 1.29 is 23.1 Å². The van der Waals surface area contributed by atoms with Gasteiger partial charge < -0.3 is 14.8 Å². The minimum Gasteiger partial charge on any atom is -0.475 e. The lowest BCUT2D eigenvalue weighted by molar-refractivity contribution is 0.0661. The fraction of sp³-hybridized carbons (Fsp3) is 0.154. The zero-order valence-electron chi connectivity index (χ0n) is 10.3. The normalized spacial score (nSPS) is 10.6. The third-order valence-electron chi connectivity index (χ3n) is 2.69. The molecule has 0 bridgehead atoms. The van der Waals surface area contributed by atoms with Crippen molar-refractivity contribution in [1.29, 1.82) is 0 Å². The van der Waals surface area contributed by atoms with Crippen molar-refractivity contribution in [3.63, 3.8) is 0 Å². The number of nitrogens with one attached hydrogen (secondary N) is 1. The molecule has 2 aromatic rings. The second-order valence-corrected chi connectivity index (χ2v) is 4.50. The molecule has 2 rings (SSSR count). The van der Waals surface area contributed by atoms with E-state index in [1.54, 1.807) is 6.92 Å². The average Bonchev–Trinajstić information content (AvgIpc) is 2.70. The molecule has 20 heavy (non-hydrogen) atoms. The van der Waals surface area contributed by atoms with Crippen LogP contribution in [0.2, 0.25) is 5.02 Å². The van der Waals surface area contributed by atoms with Gasteiger partial charge in [0, 0.05) is 18.2 Å². The predicted octanol–water partition coefficient (Wildman–Crippen LogP) is 3.83. The number of carbonyl (C=O) groups is 1. The number of carboxylic acids is 1. The third kappa shape index (κ3) is 2.91. The van der Waals surface area contributed by atoms with Crippen LogP contribution in [0.3, 0.4) is 0 Å². The van der Waals surface area contributed by atoms with Gasteiger partial charge in [0.25, 0.3) is 0 Å². The standard InChI is InChI=1S/C13H10ClF2NO3/c1-6-7(2-11(20-6)13(18)19)5-17-12-9(14)3-8(15)4-10(12)16/h2-4,17H,5H2,1H3,(H,18,19). The molecular weight excluding hydrogens is 292 g/mol. The topological polar surface area (TPSA) is 62.5 Å². The molecule has 2 N–H and O–H groups in total. The van der Waals surface area contributed by atoms with Gasteiger partial charge in [-0.1, -0.05) is 11.6 Å². The van der Waals surface area contributed by atoms with Crippen LogP contribution in [-0.4, -0.2) is 11.1 Å². The summed E-state index contributed by atoms with van der Waals surface area (Å²) in [4.78, 5) is 10.7. The lowest BCUT2D eigenvalue weighted by Crippen LogP contribution is -2.03. The van der Waals surface area contributed by atoms with Gasteiger partial charge in [-0.2, -0.15) is 0 Å². The number of furan rings is 1. The highest BCUT2D eigenvalue weighted by Gasteiger charge is 2.14. The second-order valence-electron chi connectivity index (χ2n) is 4.10. The first-order valence-corrected chi connectivity index (χ1v) is 5.97. The van der Waals surface area contributed by atoms with E-state index in [-0.39, 0.29) is 23.0 Å². The van der Waals surface area contributed by atoms with E-state index in [1.165, 1.54) is 6.07 Å².